The van der Waals surface area contributed by atoms with Gasteiger partial charge in [-0.3, -0.25) is 0 Å². The van der Waals surface area contributed by atoms with Crippen molar-refractivity contribution in [2.24, 2.45) is 29.1 Å². The van der Waals surface area contributed by atoms with Gasteiger partial charge in [0, 0.05) is 22.1 Å². The number of fused-ring (bicyclic) bond motifs is 10. The monoisotopic (exact) mass is 709 g/mol. The molecular formula is C54H47N. The summed E-state index contributed by atoms with van der Waals surface area (Å²) in [5, 5.41) is 5.37. The van der Waals surface area contributed by atoms with Crippen LogP contribution < -0.4 is 4.90 Å². The van der Waals surface area contributed by atoms with Crippen molar-refractivity contribution in [3.05, 3.63) is 162 Å². The van der Waals surface area contributed by atoms with Crippen LogP contribution in [0.4, 0.5) is 17.1 Å². The fourth-order valence-corrected chi connectivity index (χ4v) is 14.5. The highest BCUT2D eigenvalue weighted by molar-refractivity contribution is 6.06. The van der Waals surface area contributed by atoms with Crippen molar-refractivity contribution in [3.8, 4) is 22.3 Å². The van der Waals surface area contributed by atoms with Crippen LogP contribution >= 0.6 is 0 Å². The number of benzene rings is 7. The number of rotatable bonds is 5. The van der Waals surface area contributed by atoms with Crippen molar-refractivity contribution >= 4 is 38.6 Å². The quantitative estimate of drug-likeness (QED) is 0.172. The van der Waals surface area contributed by atoms with Crippen molar-refractivity contribution in [1.29, 1.82) is 0 Å². The first-order valence-corrected chi connectivity index (χ1v) is 21.4. The van der Waals surface area contributed by atoms with E-state index in [1.54, 1.807) is 16.7 Å². The van der Waals surface area contributed by atoms with Crippen molar-refractivity contribution in [3.63, 3.8) is 0 Å². The molecule has 0 amide bonds. The molecule has 0 aliphatic heterocycles. The van der Waals surface area contributed by atoms with E-state index in [-0.39, 0.29) is 5.41 Å². The van der Waals surface area contributed by atoms with Crippen LogP contribution in [0.1, 0.15) is 80.4 Å². The molecule has 0 heterocycles. The fraction of sp³-hybridized carbons (Fsp3) is 0.296. The van der Waals surface area contributed by atoms with E-state index in [4.69, 9.17) is 0 Å². The van der Waals surface area contributed by atoms with Crippen LogP contribution in [0.25, 0.3) is 43.8 Å². The second-order valence-electron chi connectivity index (χ2n) is 18.3. The Morgan fingerprint density at radius 3 is 2.11 bits per heavy atom. The van der Waals surface area contributed by atoms with Gasteiger partial charge in [0.15, 0.2) is 0 Å². The van der Waals surface area contributed by atoms with Crippen LogP contribution in [0, 0.1) is 29.1 Å². The number of anilines is 3. The molecule has 5 saturated carbocycles. The summed E-state index contributed by atoms with van der Waals surface area (Å²) in [6.07, 6.45) is 12.5. The second kappa shape index (κ2) is 11.2. The van der Waals surface area contributed by atoms with Gasteiger partial charge < -0.3 is 4.90 Å². The van der Waals surface area contributed by atoms with Crippen LogP contribution in [0.2, 0.25) is 0 Å². The lowest BCUT2D eigenvalue weighted by atomic mass is 9.27. The Kier molecular flexibility index (Phi) is 6.35. The highest BCUT2D eigenvalue weighted by Gasteiger charge is 2.84. The predicted octanol–water partition coefficient (Wildman–Crippen LogP) is 14.5. The summed E-state index contributed by atoms with van der Waals surface area (Å²) in [6, 6.07) is 56.4. The first-order chi connectivity index (χ1) is 27.2. The summed E-state index contributed by atoms with van der Waals surface area (Å²) in [4.78, 5) is 2.63. The average Bonchev–Trinajstić information content (AvgIpc) is 3.88. The van der Waals surface area contributed by atoms with Gasteiger partial charge in [-0.1, -0.05) is 141 Å². The third kappa shape index (κ3) is 3.90. The Morgan fingerprint density at radius 1 is 0.509 bits per heavy atom. The molecule has 13 rings (SSSR count). The van der Waals surface area contributed by atoms with Crippen LogP contribution in [0.15, 0.2) is 146 Å². The van der Waals surface area contributed by atoms with Gasteiger partial charge in [-0.2, -0.15) is 0 Å². The highest BCUT2D eigenvalue weighted by atomic mass is 15.1. The van der Waals surface area contributed by atoms with E-state index in [0.717, 1.165) is 23.7 Å². The molecule has 6 atom stereocenters. The van der Waals surface area contributed by atoms with Gasteiger partial charge in [0.1, 0.15) is 0 Å². The Balaban J connectivity index is 1.05. The minimum absolute atomic E-state index is 0.155. The van der Waals surface area contributed by atoms with Crippen LogP contribution in [-0.4, -0.2) is 0 Å². The normalized spacial score (nSPS) is 28.1. The van der Waals surface area contributed by atoms with Gasteiger partial charge in [-0.05, 0) is 147 Å². The SMILES string of the molecule is c1ccc(N(c2ccc3c(c2)C2(c4ccccc4-3)C3CC4CC5CC2C53C4)c2cccc3ccccc23)c(-c2cccc3cccc(C4CCCCC4)c23)c1. The molecule has 268 valence electrons. The summed E-state index contributed by atoms with van der Waals surface area (Å²) >= 11 is 0. The van der Waals surface area contributed by atoms with E-state index < -0.39 is 0 Å². The van der Waals surface area contributed by atoms with Gasteiger partial charge in [-0.15, -0.1) is 0 Å². The largest absolute Gasteiger partial charge is 0.309 e. The van der Waals surface area contributed by atoms with Crippen LogP contribution in [0.3, 0.4) is 0 Å². The molecule has 6 aliphatic carbocycles. The number of hydrogen-bond donors (Lipinski definition) is 0. The van der Waals surface area contributed by atoms with Gasteiger partial charge >= 0.3 is 0 Å². The lowest BCUT2D eigenvalue weighted by molar-refractivity contribution is -0.231. The standard InChI is InChI=1S/C54H47N/c1-2-13-36(14-3-1)41-22-10-17-37-18-11-23-45(52(37)41)44-21-7-9-25-49(44)55(48-26-12-16-35-15-4-5-19-40(35)48)39-27-28-43-42-20-6-8-24-46(42)54(47(43)32-39)50-30-34-29-38-31-51(54)53(38,50)33-34/h4-12,15-28,32,34,36,38,50-51H,1-3,13-14,29-31,33H2. The van der Waals surface area contributed by atoms with Crippen molar-refractivity contribution in [1.82, 2.24) is 0 Å². The molecule has 0 N–H and O–H groups in total. The summed E-state index contributed by atoms with van der Waals surface area (Å²) < 4.78 is 0. The lowest BCUT2D eigenvalue weighted by Crippen LogP contribution is -2.73. The van der Waals surface area contributed by atoms with Crippen LogP contribution in [0.5, 0.6) is 0 Å². The minimum atomic E-state index is 0.155. The molecule has 2 bridgehead atoms. The lowest BCUT2D eigenvalue weighted by Gasteiger charge is -2.76. The van der Waals surface area contributed by atoms with Crippen LogP contribution in [-0.2, 0) is 5.41 Å². The van der Waals surface area contributed by atoms with E-state index in [2.05, 4.69) is 150 Å². The molecule has 1 nitrogen and oxygen atoms in total. The van der Waals surface area contributed by atoms with E-state index in [9.17, 15) is 0 Å². The number of para-hydroxylation sites is 1. The first-order valence-electron chi connectivity index (χ1n) is 21.4. The molecule has 6 unspecified atom stereocenters. The molecule has 2 spiro atoms. The van der Waals surface area contributed by atoms with E-state index in [1.165, 1.54) is 119 Å². The average molecular weight is 710 g/mol. The van der Waals surface area contributed by atoms with Crippen molar-refractivity contribution < 1.29 is 0 Å². The maximum absolute atomic E-state index is 2.68. The maximum Gasteiger partial charge on any atom is 0.0540 e. The second-order valence-corrected chi connectivity index (χ2v) is 18.3. The molecule has 6 aliphatic rings. The predicted molar refractivity (Wildman–Crippen MR) is 228 cm³/mol. The molecule has 1 heteroatoms. The third-order valence-corrected chi connectivity index (χ3v) is 16.3. The van der Waals surface area contributed by atoms with Crippen molar-refractivity contribution in [2.75, 3.05) is 4.90 Å². The molecule has 7 aromatic carbocycles. The Morgan fingerprint density at radius 2 is 1.20 bits per heavy atom. The zero-order chi connectivity index (χ0) is 35.9. The molecular weight excluding hydrogens is 663 g/mol. The molecule has 0 aromatic heterocycles. The summed E-state index contributed by atoms with van der Waals surface area (Å²) in [6.45, 7) is 0. The first kappa shape index (κ1) is 31.1. The Hall–Kier alpha value is -5.14. The number of nitrogens with zero attached hydrogens (tertiary/aromatic N) is 1. The van der Waals surface area contributed by atoms with Gasteiger partial charge in [0.25, 0.3) is 0 Å². The third-order valence-electron chi connectivity index (χ3n) is 16.3. The molecule has 0 saturated heterocycles. The van der Waals surface area contributed by atoms with Crippen molar-refractivity contribution in [2.45, 2.75) is 69.1 Å². The van der Waals surface area contributed by atoms with Gasteiger partial charge in [-0.25, -0.2) is 0 Å². The van der Waals surface area contributed by atoms with E-state index >= 15 is 0 Å². The van der Waals surface area contributed by atoms with E-state index in [1.807, 2.05) is 0 Å². The topological polar surface area (TPSA) is 3.24 Å². The fourth-order valence-electron chi connectivity index (χ4n) is 14.5. The summed E-state index contributed by atoms with van der Waals surface area (Å²) in [5.74, 6) is 4.11. The van der Waals surface area contributed by atoms with Gasteiger partial charge in [0.05, 0.1) is 11.4 Å². The minimum Gasteiger partial charge on any atom is -0.309 e. The molecule has 0 radical (unpaired) electrons. The van der Waals surface area contributed by atoms with Gasteiger partial charge in [0.2, 0.25) is 0 Å². The Bertz CT molecular complexity index is 2700. The molecule has 55 heavy (non-hydrogen) atoms. The summed E-state index contributed by atoms with van der Waals surface area (Å²) in [7, 11) is 0. The number of hydrogen-bond acceptors (Lipinski definition) is 1. The smallest absolute Gasteiger partial charge is 0.0540 e. The zero-order valence-electron chi connectivity index (χ0n) is 31.6. The summed E-state index contributed by atoms with van der Waals surface area (Å²) in [5.41, 5.74) is 15.0. The molecule has 5 fully saturated rings. The zero-order valence-corrected chi connectivity index (χ0v) is 31.6. The highest BCUT2D eigenvalue weighted by Crippen LogP contribution is 2.89. The maximum atomic E-state index is 2.68. The molecule has 7 aromatic rings. The Labute approximate surface area is 325 Å². The van der Waals surface area contributed by atoms with E-state index in [0.29, 0.717) is 11.3 Å².